The van der Waals surface area contributed by atoms with E-state index in [4.69, 9.17) is 0 Å². The van der Waals surface area contributed by atoms with E-state index in [0.29, 0.717) is 17.8 Å². The van der Waals surface area contributed by atoms with Gasteiger partial charge in [-0.05, 0) is 19.4 Å². The topological polar surface area (TPSA) is 83.7 Å². The Bertz CT molecular complexity index is 469. The number of likely N-dealkylation sites (tertiary alicyclic amines) is 1. The lowest BCUT2D eigenvalue weighted by molar-refractivity contribution is -0.380. The van der Waals surface area contributed by atoms with Crippen molar-refractivity contribution in [3.63, 3.8) is 0 Å². The van der Waals surface area contributed by atoms with E-state index < -0.39 is 10.5 Å². The van der Waals surface area contributed by atoms with Crippen LogP contribution in [0.4, 0.5) is 5.00 Å². The van der Waals surface area contributed by atoms with Gasteiger partial charge in [-0.2, -0.15) is 0 Å². The van der Waals surface area contributed by atoms with E-state index in [-0.39, 0.29) is 17.5 Å². The molecule has 1 saturated heterocycles. The van der Waals surface area contributed by atoms with Crippen molar-refractivity contribution in [2.45, 2.75) is 18.9 Å². The van der Waals surface area contributed by atoms with Crippen molar-refractivity contribution in [1.29, 1.82) is 0 Å². The van der Waals surface area contributed by atoms with Crippen LogP contribution in [0.3, 0.4) is 0 Å². The second kappa shape index (κ2) is 4.08. The maximum absolute atomic E-state index is 12.0. The molecule has 1 fully saturated rings. The number of rotatable bonds is 2. The minimum absolute atomic E-state index is 0.0423. The largest absolute Gasteiger partial charge is 0.388 e. The van der Waals surface area contributed by atoms with Crippen molar-refractivity contribution in [1.82, 2.24) is 4.90 Å². The van der Waals surface area contributed by atoms with E-state index in [2.05, 4.69) is 0 Å². The van der Waals surface area contributed by atoms with Crippen molar-refractivity contribution in [2.24, 2.45) is 0 Å². The molecule has 1 aromatic heterocycles. The summed E-state index contributed by atoms with van der Waals surface area (Å²) in [7, 11) is 0. The van der Waals surface area contributed by atoms with Gasteiger partial charge in [0.1, 0.15) is 0 Å². The van der Waals surface area contributed by atoms with Crippen LogP contribution in [0.5, 0.6) is 0 Å². The number of β-amino-alcohol motifs (C(OH)–C–C–N with tert-alkyl or cyclic N) is 1. The summed E-state index contributed by atoms with van der Waals surface area (Å²) in [5.74, 6) is -0.249. The van der Waals surface area contributed by atoms with Crippen LogP contribution in [0.1, 0.15) is 23.0 Å². The lowest BCUT2D eigenvalue weighted by Crippen LogP contribution is -2.33. The summed E-state index contributed by atoms with van der Waals surface area (Å²) in [5.41, 5.74) is -0.848. The fraction of sp³-hybridized carbons (Fsp3) is 0.500. The molecule has 0 aliphatic carbocycles. The molecule has 0 radical (unpaired) electrons. The predicted octanol–water partition coefficient (Wildman–Crippen LogP) is 1.25. The van der Waals surface area contributed by atoms with Gasteiger partial charge in [-0.25, -0.2) is 0 Å². The van der Waals surface area contributed by atoms with Crippen molar-refractivity contribution in [3.05, 3.63) is 27.1 Å². The smallest absolute Gasteiger partial charge is 0.324 e. The highest BCUT2D eigenvalue weighted by atomic mass is 32.1. The molecule has 1 aliphatic heterocycles. The first kappa shape index (κ1) is 12.0. The normalized spacial score (nSPS) is 24.0. The summed E-state index contributed by atoms with van der Waals surface area (Å²) < 4.78 is 0. The Morgan fingerprint density at radius 3 is 2.82 bits per heavy atom. The van der Waals surface area contributed by atoms with Crippen LogP contribution in [0.2, 0.25) is 0 Å². The Labute approximate surface area is 102 Å². The molecule has 2 rings (SSSR count). The molecule has 1 unspecified atom stereocenters. The standard InChI is InChI=1S/C10H12N2O4S/c1-10(14)4-5-11(6-10)9(13)7-2-3-8(17-7)12(15)16/h2-3,14H,4-6H2,1H3. The van der Waals surface area contributed by atoms with E-state index in [1.54, 1.807) is 6.92 Å². The van der Waals surface area contributed by atoms with Crippen LogP contribution in [0, 0.1) is 10.1 Å². The number of thiophene rings is 1. The highest BCUT2D eigenvalue weighted by molar-refractivity contribution is 7.17. The Morgan fingerprint density at radius 1 is 1.65 bits per heavy atom. The Balaban J connectivity index is 2.12. The molecular formula is C10H12N2O4S. The van der Waals surface area contributed by atoms with Gasteiger partial charge in [0.25, 0.3) is 5.91 Å². The molecule has 0 spiro atoms. The summed E-state index contributed by atoms with van der Waals surface area (Å²) >= 11 is 0.864. The number of hydrogen-bond donors (Lipinski definition) is 1. The molecule has 0 bridgehead atoms. The van der Waals surface area contributed by atoms with Crippen LogP contribution >= 0.6 is 11.3 Å². The molecule has 7 heteroatoms. The molecule has 1 N–H and O–H groups in total. The summed E-state index contributed by atoms with van der Waals surface area (Å²) in [6.07, 6.45) is 0.534. The molecule has 1 amide bonds. The van der Waals surface area contributed by atoms with Crippen LogP contribution in [-0.4, -0.2) is 39.5 Å². The highest BCUT2D eigenvalue weighted by Crippen LogP contribution is 2.28. The van der Waals surface area contributed by atoms with Crippen molar-refractivity contribution in [3.8, 4) is 0 Å². The third-order valence-corrected chi connectivity index (χ3v) is 3.75. The van der Waals surface area contributed by atoms with Crippen LogP contribution in [-0.2, 0) is 0 Å². The van der Waals surface area contributed by atoms with Gasteiger partial charge in [0.05, 0.1) is 15.4 Å². The van der Waals surface area contributed by atoms with Crippen molar-refractivity contribution < 1.29 is 14.8 Å². The van der Waals surface area contributed by atoms with E-state index in [1.165, 1.54) is 17.0 Å². The first-order valence-corrected chi connectivity index (χ1v) is 5.97. The molecule has 2 heterocycles. The van der Waals surface area contributed by atoms with Gasteiger partial charge < -0.3 is 10.0 Å². The van der Waals surface area contributed by atoms with E-state index in [1.807, 2.05) is 0 Å². The van der Waals surface area contributed by atoms with Crippen LogP contribution < -0.4 is 0 Å². The van der Waals surface area contributed by atoms with Gasteiger partial charge in [-0.3, -0.25) is 14.9 Å². The maximum Gasteiger partial charge on any atom is 0.324 e. The Morgan fingerprint density at radius 2 is 2.35 bits per heavy atom. The third-order valence-electron chi connectivity index (χ3n) is 2.72. The average molecular weight is 256 g/mol. The Kier molecular flexibility index (Phi) is 2.88. The summed E-state index contributed by atoms with van der Waals surface area (Å²) in [4.78, 5) is 23.8. The number of nitro groups is 1. The Hall–Kier alpha value is -1.47. The fourth-order valence-corrected chi connectivity index (χ4v) is 2.60. The SMILES string of the molecule is CC1(O)CCN(C(=O)c2ccc([N+](=O)[O-])s2)C1. The summed E-state index contributed by atoms with van der Waals surface area (Å²) in [5, 5.41) is 20.2. The van der Waals surface area contributed by atoms with E-state index >= 15 is 0 Å². The summed E-state index contributed by atoms with van der Waals surface area (Å²) in [6, 6.07) is 2.78. The molecular weight excluding hydrogens is 244 g/mol. The minimum atomic E-state index is -0.848. The number of carbonyl (C=O) groups is 1. The van der Waals surface area contributed by atoms with Gasteiger partial charge >= 0.3 is 5.00 Å². The quantitative estimate of drug-likeness (QED) is 0.637. The van der Waals surface area contributed by atoms with Gasteiger partial charge in [-0.15, -0.1) is 0 Å². The first-order valence-electron chi connectivity index (χ1n) is 5.15. The van der Waals surface area contributed by atoms with Crippen LogP contribution in [0.25, 0.3) is 0 Å². The fourth-order valence-electron chi connectivity index (χ4n) is 1.82. The van der Waals surface area contributed by atoms with Crippen molar-refractivity contribution >= 4 is 22.2 Å². The van der Waals surface area contributed by atoms with E-state index in [0.717, 1.165) is 11.3 Å². The third kappa shape index (κ3) is 2.45. The molecule has 0 aromatic carbocycles. The number of carbonyl (C=O) groups excluding carboxylic acids is 1. The van der Waals surface area contributed by atoms with Crippen LogP contribution in [0.15, 0.2) is 12.1 Å². The number of nitrogens with zero attached hydrogens (tertiary/aromatic N) is 2. The zero-order valence-corrected chi connectivity index (χ0v) is 10.1. The lowest BCUT2D eigenvalue weighted by Gasteiger charge is -2.18. The molecule has 0 saturated carbocycles. The first-order chi connectivity index (χ1) is 7.89. The second-order valence-electron chi connectivity index (χ2n) is 4.37. The number of hydrogen-bond acceptors (Lipinski definition) is 5. The monoisotopic (exact) mass is 256 g/mol. The zero-order valence-electron chi connectivity index (χ0n) is 9.25. The highest BCUT2D eigenvalue weighted by Gasteiger charge is 2.35. The lowest BCUT2D eigenvalue weighted by atomic mass is 10.1. The van der Waals surface area contributed by atoms with Gasteiger partial charge in [0.2, 0.25) is 0 Å². The maximum atomic E-state index is 12.0. The van der Waals surface area contributed by atoms with Gasteiger partial charge in [0, 0.05) is 19.2 Å². The molecule has 1 atom stereocenters. The minimum Gasteiger partial charge on any atom is -0.388 e. The summed E-state index contributed by atoms with van der Waals surface area (Å²) in [6.45, 7) is 2.44. The van der Waals surface area contributed by atoms with Gasteiger partial charge in [-0.1, -0.05) is 11.3 Å². The molecule has 1 aromatic rings. The molecule has 92 valence electrons. The zero-order chi connectivity index (χ0) is 12.6. The molecule has 6 nitrogen and oxygen atoms in total. The number of aliphatic hydroxyl groups is 1. The predicted molar refractivity (Wildman–Crippen MR) is 62.1 cm³/mol. The van der Waals surface area contributed by atoms with Gasteiger partial charge in [0.15, 0.2) is 0 Å². The second-order valence-corrected chi connectivity index (χ2v) is 5.43. The molecule has 17 heavy (non-hydrogen) atoms. The van der Waals surface area contributed by atoms with Crippen molar-refractivity contribution in [2.75, 3.05) is 13.1 Å². The number of amides is 1. The average Bonchev–Trinajstić information content (AvgIpc) is 2.83. The molecule has 1 aliphatic rings. The van der Waals surface area contributed by atoms with E-state index in [9.17, 15) is 20.0 Å².